The van der Waals surface area contributed by atoms with E-state index in [0.717, 1.165) is 36.8 Å². The van der Waals surface area contributed by atoms with E-state index < -0.39 is 0 Å². The van der Waals surface area contributed by atoms with Gasteiger partial charge in [0.05, 0.1) is 16.6 Å². The molecule has 0 amide bonds. The first-order chi connectivity index (χ1) is 15.0. The third kappa shape index (κ3) is 3.79. The molecule has 3 heterocycles. The van der Waals surface area contributed by atoms with Crippen LogP contribution in [0.1, 0.15) is 30.7 Å². The Labute approximate surface area is 179 Å². The number of aryl methyl sites for hydroxylation is 1. The summed E-state index contributed by atoms with van der Waals surface area (Å²) in [6.07, 6.45) is 3.02. The van der Waals surface area contributed by atoms with Crippen LogP contribution in [-0.2, 0) is 6.54 Å². The van der Waals surface area contributed by atoms with Gasteiger partial charge in [-0.15, -0.1) is 0 Å². The molecule has 3 aromatic heterocycles. The van der Waals surface area contributed by atoms with Gasteiger partial charge in [0.1, 0.15) is 29.3 Å². The number of anilines is 1. The fourth-order valence-electron chi connectivity index (χ4n) is 3.71. The highest BCUT2D eigenvalue weighted by Gasteiger charge is 2.23. The second-order valence-electron chi connectivity index (χ2n) is 7.70. The van der Waals surface area contributed by atoms with E-state index in [-0.39, 0.29) is 11.4 Å². The molecule has 0 radical (unpaired) electrons. The van der Waals surface area contributed by atoms with Crippen molar-refractivity contribution in [3.63, 3.8) is 0 Å². The zero-order valence-corrected chi connectivity index (χ0v) is 17.6. The fourth-order valence-corrected chi connectivity index (χ4v) is 3.71. The number of H-pyrrole nitrogens is 1. The lowest BCUT2D eigenvalue weighted by Crippen LogP contribution is -2.13. The predicted octanol–water partition coefficient (Wildman–Crippen LogP) is 3.03. The van der Waals surface area contributed by atoms with Crippen molar-refractivity contribution in [2.75, 3.05) is 26.4 Å². The van der Waals surface area contributed by atoms with Gasteiger partial charge in [-0.05, 0) is 45.6 Å². The molecule has 0 aliphatic rings. The van der Waals surface area contributed by atoms with Gasteiger partial charge in [-0.3, -0.25) is 0 Å². The second kappa shape index (κ2) is 8.42. The van der Waals surface area contributed by atoms with Crippen molar-refractivity contribution in [1.29, 1.82) is 10.5 Å². The van der Waals surface area contributed by atoms with Crippen molar-refractivity contribution in [2.24, 2.45) is 0 Å². The van der Waals surface area contributed by atoms with Gasteiger partial charge in [-0.1, -0.05) is 18.6 Å². The van der Waals surface area contributed by atoms with Crippen LogP contribution in [0, 0.1) is 22.7 Å². The third-order valence-electron chi connectivity index (χ3n) is 5.24. The summed E-state index contributed by atoms with van der Waals surface area (Å²) in [7, 11) is 4.12. The molecule has 0 fully saturated rings. The number of rotatable bonds is 7. The highest BCUT2D eigenvalue weighted by molar-refractivity contribution is 5.98. The molecule has 9 heteroatoms. The largest absolute Gasteiger partial charge is 0.384 e. The molecule has 4 rings (SSSR count). The number of nitrogens with two attached hydrogens (primary N) is 1. The number of nitrogen functional groups attached to an aromatic ring is 1. The van der Waals surface area contributed by atoms with Crippen molar-refractivity contribution < 1.29 is 0 Å². The Morgan fingerprint density at radius 3 is 2.48 bits per heavy atom. The Bertz CT molecular complexity index is 1300. The molecule has 0 saturated carbocycles. The number of nitrogens with one attached hydrogen (secondary N) is 1. The molecule has 4 aromatic rings. The van der Waals surface area contributed by atoms with E-state index in [2.05, 4.69) is 38.9 Å². The van der Waals surface area contributed by atoms with Crippen LogP contribution in [0.3, 0.4) is 0 Å². The minimum atomic E-state index is -0.0181. The number of imidazole rings is 1. The van der Waals surface area contributed by atoms with E-state index in [1.54, 1.807) is 0 Å². The van der Waals surface area contributed by atoms with E-state index in [0.29, 0.717) is 34.9 Å². The zero-order valence-electron chi connectivity index (χ0n) is 17.6. The summed E-state index contributed by atoms with van der Waals surface area (Å²) in [5, 5.41) is 18.9. The Balaban J connectivity index is 1.82. The van der Waals surface area contributed by atoms with Gasteiger partial charge >= 0.3 is 0 Å². The van der Waals surface area contributed by atoms with Gasteiger partial charge in [0.15, 0.2) is 17.0 Å². The number of hydrogen-bond acceptors (Lipinski definition) is 7. The maximum Gasteiger partial charge on any atom is 0.179 e. The normalized spacial score (nSPS) is 11.3. The van der Waals surface area contributed by atoms with E-state index in [1.807, 2.05) is 41.0 Å². The number of benzene rings is 1. The number of unbranched alkanes of at least 4 members (excludes halogenated alkanes) is 2. The molecule has 0 spiro atoms. The first kappa shape index (κ1) is 20.3. The first-order valence-electron chi connectivity index (χ1n) is 10.1. The molecule has 9 nitrogen and oxygen atoms in total. The monoisotopic (exact) mass is 413 g/mol. The summed E-state index contributed by atoms with van der Waals surface area (Å²) < 4.78 is 1.88. The minimum Gasteiger partial charge on any atom is -0.384 e. The fraction of sp³-hybridized carbons (Fsp3) is 0.318. The highest BCUT2D eigenvalue weighted by atomic mass is 15.1. The van der Waals surface area contributed by atoms with Gasteiger partial charge in [0.25, 0.3) is 0 Å². The van der Waals surface area contributed by atoms with E-state index in [4.69, 9.17) is 5.73 Å². The summed E-state index contributed by atoms with van der Waals surface area (Å²) in [6, 6.07) is 11.6. The van der Waals surface area contributed by atoms with Crippen LogP contribution in [0.15, 0.2) is 24.3 Å². The molecule has 1 aromatic carbocycles. The highest BCUT2D eigenvalue weighted by Crippen LogP contribution is 2.35. The maximum atomic E-state index is 9.44. The maximum absolute atomic E-state index is 9.44. The molecular weight excluding hydrogens is 390 g/mol. The van der Waals surface area contributed by atoms with Gasteiger partial charge in [-0.25, -0.2) is 15.0 Å². The minimum absolute atomic E-state index is 0.00230. The van der Waals surface area contributed by atoms with Crippen molar-refractivity contribution >= 4 is 28.0 Å². The number of fused-ring (bicyclic) bond motifs is 2. The van der Waals surface area contributed by atoms with Crippen LogP contribution in [0.5, 0.6) is 0 Å². The SMILES string of the molecule is CN(C)CCCCCn1c(N)c(-c2nc3ccccc3[nH]2)c2nc(C#N)c(C#N)nc21. The zero-order chi connectivity index (χ0) is 22.0. The van der Waals surface area contributed by atoms with Crippen molar-refractivity contribution in [1.82, 2.24) is 29.4 Å². The third-order valence-corrected chi connectivity index (χ3v) is 5.24. The lowest BCUT2D eigenvalue weighted by atomic mass is 10.2. The quantitative estimate of drug-likeness (QED) is 0.444. The molecule has 156 valence electrons. The number of nitrogens with zero attached hydrogens (tertiary/aromatic N) is 7. The molecule has 0 unspecified atom stereocenters. The number of hydrogen-bond donors (Lipinski definition) is 2. The predicted molar refractivity (Wildman–Crippen MR) is 119 cm³/mol. The topological polar surface area (TPSA) is 136 Å². The van der Waals surface area contributed by atoms with Crippen LogP contribution in [-0.4, -0.2) is 50.0 Å². The second-order valence-corrected chi connectivity index (χ2v) is 7.70. The Morgan fingerprint density at radius 1 is 1.03 bits per heavy atom. The summed E-state index contributed by atoms with van der Waals surface area (Å²) >= 11 is 0. The Kier molecular flexibility index (Phi) is 5.52. The van der Waals surface area contributed by atoms with Crippen molar-refractivity contribution in [3.05, 3.63) is 35.7 Å². The summed E-state index contributed by atoms with van der Waals surface area (Å²) in [4.78, 5) is 19.0. The number of para-hydroxylation sites is 2. The lowest BCUT2D eigenvalue weighted by molar-refractivity contribution is 0.389. The average Bonchev–Trinajstić information content (AvgIpc) is 3.30. The number of aromatic amines is 1. The Morgan fingerprint density at radius 2 is 1.77 bits per heavy atom. The summed E-state index contributed by atoms with van der Waals surface area (Å²) in [6.45, 7) is 1.66. The first-order valence-corrected chi connectivity index (χ1v) is 10.1. The standard InChI is InChI=1S/C22H23N9/c1-30(2)10-6-3-7-11-31-20(25)18(21-27-14-8-4-5-9-15(14)28-21)19-22(31)29-17(13-24)16(12-23)26-19/h4-5,8-9H,3,6-7,10-11,25H2,1-2H3,(H,27,28). The lowest BCUT2D eigenvalue weighted by Gasteiger charge is -2.10. The van der Waals surface area contributed by atoms with Crippen LogP contribution in [0.2, 0.25) is 0 Å². The van der Waals surface area contributed by atoms with Crippen LogP contribution < -0.4 is 5.73 Å². The molecule has 3 N–H and O–H groups in total. The molecule has 0 bridgehead atoms. The average molecular weight is 413 g/mol. The van der Waals surface area contributed by atoms with E-state index in [1.165, 1.54) is 0 Å². The molecule has 0 aliphatic carbocycles. The molecule has 0 atom stereocenters. The molecule has 0 saturated heterocycles. The smallest absolute Gasteiger partial charge is 0.179 e. The van der Waals surface area contributed by atoms with E-state index >= 15 is 0 Å². The van der Waals surface area contributed by atoms with Gasteiger partial charge in [0.2, 0.25) is 0 Å². The van der Waals surface area contributed by atoms with E-state index in [9.17, 15) is 10.5 Å². The van der Waals surface area contributed by atoms with Gasteiger partial charge < -0.3 is 20.2 Å². The van der Waals surface area contributed by atoms with Gasteiger partial charge in [0, 0.05) is 6.54 Å². The summed E-state index contributed by atoms with van der Waals surface area (Å²) in [5.41, 5.74) is 9.81. The van der Waals surface area contributed by atoms with Crippen LogP contribution in [0.25, 0.3) is 33.6 Å². The Hall–Kier alpha value is -3.95. The van der Waals surface area contributed by atoms with Crippen LogP contribution >= 0.6 is 0 Å². The van der Waals surface area contributed by atoms with Gasteiger partial charge in [-0.2, -0.15) is 10.5 Å². The molecule has 31 heavy (non-hydrogen) atoms. The van der Waals surface area contributed by atoms with Crippen molar-refractivity contribution in [2.45, 2.75) is 25.8 Å². The van der Waals surface area contributed by atoms with Crippen LogP contribution in [0.4, 0.5) is 5.82 Å². The molecule has 0 aliphatic heterocycles. The number of nitriles is 2. The number of aromatic nitrogens is 5. The molecular formula is C22H23N9. The van der Waals surface area contributed by atoms with Crippen molar-refractivity contribution in [3.8, 4) is 23.5 Å². The summed E-state index contributed by atoms with van der Waals surface area (Å²) in [5.74, 6) is 1.04.